The third-order valence-electron chi connectivity index (χ3n) is 4.08. The van der Waals surface area contributed by atoms with E-state index < -0.39 is 5.82 Å². The van der Waals surface area contributed by atoms with Gasteiger partial charge in [-0.3, -0.25) is 9.20 Å². The lowest BCUT2D eigenvalue weighted by Gasteiger charge is -2.05. The predicted molar refractivity (Wildman–Crippen MR) is 103 cm³/mol. The Labute approximate surface area is 162 Å². The summed E-state index contributed by atoms with van der Waals surface area (Å²) in [6.45, 7) is 1.81. The third-order valence-corrected chi connectivity index (χ3v) is 5.53. The Morgan fingerprint density at radius 1 is 1.19 bits per heavy atom. The highest BCUT2D eigenvalue weighted by Crippen LogP contribution is 2.28. The van der Waals surface area contributed by atoms with E-state index in [9.17, 15) is 13.6 Å². The summed E-state index contributed by atoms with van der Waals surface area (Å²) >= 11 is 6.98. The summed E-state index contributed by atoms with van der Waals surface area (Å²) in [6.07, 6.45) is 1.81. The molecule has 4 rings (SSSR count). The molecule has 0 atom stereocenters. The number of amides is 1. The van der Waals surface area contributed by atoms with Crippen molar-refractivity contribution in [1.29, 1.82) is 0 Å². The van der Waals surface area contributed by atoms with Gasteiger partial charge in [0.25, 0.3) is 5.91 Å². The van der Waals surface area contributed by atoms with E-state index >= 15 is 0 Å². The molecular formula is C19H12ClF2N3OS. The SMILES string of the molecule is Cc1c(C(=O)Nc2ccc(F)c(Cl)c2)sc2nc(-c3ccc(F)cc3)cn12. The number of hydrogen-bond donors (Lipinski definition) is 1. The molecule has 0 unspecified atom stereocenters. The van der Waals surface area contributed by atoms with Gasteiger partial charge in [-0.25, -0.2) is 13.8 Å². The molecule has 0 aliphatic heterocycles. The number of aromatic nitrogens is 2. The number of anilines is 1. The third kappa shape index (κ3) is 3.31. The van der Waals surface area contributed by atoms with Crippen molar-refractivity contribution in [3.63, 3.8) is 0 Å². The molecule has 0 saturated carbocycles. The molecule has 1 amide bonds. The fourth-order valence-corrected chi connectivity index (χ4v) is 3.87. The Morgan fingerprint density at radius 3 is 2.59 bits per heavy atom. The number of halogens is 3. The van der Waals surface area contributed by atoms with Crippen molar-refractivity contribution in [2.75, 3.05) is 5.32 Å². The van der Waals surface area contributed by atoms with Crippen molar-refractivity contribution in [3.8, 4) is 11.3 Å². The molecule has 0 radical (unpaired) electrons. The summed E-state index contributed by atoms with van der Waals surface area (Å²) in [5.74, 6) is -1.18. The zero-order valence-electron chi connectivity index (χ0n) is 14.0. The molecule has 0 aliphatic carbocycles. The van der Waals surface area contributed by atoms with Gasteiger partial charge in [0.15, 0.2) is 4.96 Å². The maximum atomic E-state index is 13.2. The van der Waals surface area contributed by atoms with Crippen molar-refractivity contribution >= 4 is 39.5 Å². The van der Waals surface area contributed by atoms with Crippen LogP contribution in [0.2, 0.25) is 5.02 Å². The van der Waals surface area contributed by atoms with Crippen molar-refractivity contribution in [1.82, 2.24) is 9.38 Å². The lowest BCUT2D eigenvalue weighted by Crippen LogP contribution is -2.12. The van der Waals surface area contributed by atoms with Crippen molar-refractivity contribution in [2.24, 2.45) is 0 Å². The molecule has 4 nitrogen and oxygen atoms in total. The van der Waals surface area contributed by atoms with Gasteiger partial charge >= 0.3 is 0 Å². The van der Waals surface area contributed by atoms with Gasteiger partial charge < -0.3 is 5.32 Å². The van der Waals surface area contributed by atoms with Gasteiger partial charge in [0.05, 0.1) is 10.7 Å². The molecule has 4 aromatic rings. The first-order valence-electron chi connectivity index (χ1n) is 7.93. The number of carbonyl (C=O) groups excluding carboxylic acids is 1. The first-order chi connectivity index (χ1) is 12.9. The van der Waals surface area contributed by atoms with E-state index in [4.69, 9.17) is 11.6 Å². The quantitative estimate of drug-likeness (QED) is 0.487. The van der Waals surface area contributed by atoms with Gasteiger partial charge in [0.1, 0.15) is 16.5 Å². The highest BCUT2D eigenvalue weighted by Gasteiger charge is 2.18. The van der Waals surface area contributed by atoms with Gasteiger partial charge in [-0.05, 0) is 49.4 Å². The molecule has 27 heavy (non-hydrogen) atoms. The van der Waals surface area contributed by atoms with Crippen LogP contribution in [0.3, 0.4) is 0 Å². The summed E-state index contributed by atoms with van der Waals surface area (Å²) in [4.78, 5) is 18.2. The molecule has 2 aromatic heterocycles. The number of carbonyl (C=O) groups is 1. The largest absolute Gasteiger partial charge is 0.321 e. The summed E-state index contributed by atoms with van der Waals surface area (Å²) < 4.78 is 28.1. The normalized spacial score (nSPS) is 11.1. The Bertz CT molecular complexity index is 1170. The van der Waals surface area contributed by atoms with Crippen molar-refractivity contribution in [3.05, 3.63) is 75.9 Å². The Hall–Kier alpha value is -2.77. The van der Waals surface area contributed by atoms with Gasteiger partial charge in [-0.15, -0.1) is 0 Å². The number of imidazole rings is 1. The van der Waals surface area contributed by atoms with Crippen molar-refractivity contribution < 1.29 is 13.6 Å². The van der Waals surface area contributed by atoms with Crippen LogP contribution in [0, 0.1) is 18.6 Å². The average molecular weight is 404 g/mol. The number of nitrogens with zero attached hydrogens (tertiary/aromatic N) is 2. The van der Waals surface area contributed by atoms with Crippen LogP contribution in [0.1, 0.15) is 15.4 Å². The average Bonchev–Trinajstić information content (AvgIpc) is 3.18. The first kappa shape index (κ1) is 17.6. The van der Waals surface area contributed by atoms with Crippen molar-refractivity contribution in [2.45, 2.75) is 6.92 Å². The Morgan fingerprint density at radius 2 is 1.93 bits per heavy atom. The standard InChI is InChI=1S/C19H12ClF2N3OS/c1-10-17(18(26)23-13-6-7-15(22)14(20)8-13)27-19-24-16(9-25(10)19)11-2-4-12(21)5-3-11/h2-9H,1H3,(H,23,26). The smallest absolute Gasteiger partial charge is 0.267 e. The number of hydrogen-bond acceptors (Lipinski definition) is 3. The van der Waals surface area contributed by atoms with Crippen LogP contribution >= 0.6 is 22.9 Å². The number of thiazole rings is 1. The molecule has 2 aromatic carbocycles. The highest BCUT2D eigenvalue weighted by atomic mass is 35.5. The molecular weight excluding hydrogens is 392 g/mol. The van der Waals surface area contributed by atoms with Crippen LogP contribution in [0.25, 0.3) is 16.2 Å². The van der Waals surface area contributed by atoms with Crippen LogP contribution in [0.4, 0.5) is 14.5 Å². The van der Waals surface area contributed by atoms with E-state index in [2.05, 4.69) is 10.3 Å². The van der Waals surface area contributed by atoms with E-state index in [1.54, 1.807) is 18.3 Å². The summed E-state index contributed by atoms with van der Waals surface area (Å²) in [7, 11) is 0. The van der Waals surface area contributed by atoms with E-state index in [1.165, 1.54) is 41.7 Å². The van der Waals surface area contributed by atoms with E-state index in [0.29, 0.717) is 21.2 Å². The maximum absolute atomic E-state index is 13.2. The summed E-state index contributed by atoms with van der Waals surface area (Å²) in [5, 5.41) is 2.65. The lowest BCUT2D eigenvalue weighted by atomic mass is 10.2. The van der Waals surface area contributed by atoms with Crippen LogP contribution < -0.4 is 5.32 Å². The second-order valence-electron chi connectivity index (χ2n) is 5.89. The molecule has 0 spiro atoms. The Balaban J connectivity index is 1.63. The minimum absolute atomic E-state index is 0.0607. The fraction of sp³-hybridized carbons (Fsp3) is 0.0526. The van der Waals surface area contributed by atoms with Crippen LogP contribution in [-0.2, 0) is 0 Å². The second kappa shape index (κ2) is 6.75. The number of rotatable bonds is 3. The number of benzene rings is 2. The van der Waals surface area contributed by atoms with E-state index in [0.717, 1.165) is 11.3 Å². The maximum Gasteiger partial charge on any atom is 0.267 e. The van der Waals surface area contributed by atoms with Crippen LogP contribution in [0.5, 0.6) is 0 Å². The zero-order chi connectivity index (χ0) is 19.1. The molecule has 0 fully saturated rings. The van der Waals surface area contributed by atoms with Gasteiger partial charge in [-0.1, -0.05) is 22.9 Å². The summed E-state index contributed by atoms with van der Waals surface area (Å²) in [6, 6.07) is 10.1. The van der Waals surface area contributed by atoms with Crippen LogP contribution in [-0.4, -0.2) is 15.3 Å². The van der Waals surface area contributed by atoms with Gasteiger partial charge in [0.2, 0.25) is 0 Å². The van der Waals surface area contributed by atoms with Gasteiger partial charge in [-0.2, -0.15) is 0 Å². The van der Waals surface area contributed by atoms with Crippen LogP contribution in [0.15, 0.2) is 48.7 Å². The number of fused-ring (bicyclic) bond motifs is 1. The topological polar surface area (TPSA) is 46.4 Å². The molecule has 1 N–H and O–H groups in total. The first-order valence-corrected chi connectivity index (χ1v) is 9.12. The zero-order valence-corrected chi connectivity index (χ0v) is 15.5. The van der Waals surface area contributed by atoms with E-state index in [-0.39, 0.29) is 16.7 Å². The number of aryl methyl sites for hydroxylation is 1. The number of nitrogens with one attached hydrogen (secondary N) is 1. The molecule has 0 aliphatic rings. The second-order valence-corrected chi connectivity index (χ2v) is 7.27. The lowest BCUT2D eigenvalue weighted by molar-refractivity contribution is 0.102. The van der Waals surface area contributed by atoms with Gasteiger partial charge in [0, 0.05) is 23.1 Å². The molecule has 136 valence electrons. The fourth-order valence-electron chi connectivity index (χ4n) is 2.68. The minimum Gasteiger partial charge on any atom is -0.321 e. The monoisotopic (exact) mass is 403 g/mol. The summed E-state index contributed by atoms with van der Waals surface area (Å²) in [5.41, 5.74) is 2.62. The molecule has 0 saturated heterocycles. The molecule has 2 heterocycles. The minimum atomic E-state index is -0.547. The Kier molecular flexibility index (Phi) is 4.41. The molecule has 0 bridgehead atoms. The molecule has 8 heteroatoms. The van der Waals surface area contributed by atoms with E-state index in [1.807, 2.05) is 11.3 Å². The highest BCUT2D eigenvalue weighted by molar-refractivity contribution is 7.19. The predicted octanol–water partition coefficient (Wildman–Crippen LogP) is 5.56.